The van der Waals surface area contributed by atoms with Gasteiger partial charge in [0.25, 0.3) is 5.69 Å². The van der Waals surface area contributed by atoms with Crippen molar-refractivity contribution in [3.63, 3.8) is 0 Å². The van der Waals surface area contributed by atoms with E-state index < -0.39 is 11.0 Å². The molecule has 2 aromatic rings. The fourth-order valence-electron chi connectivity index (χ4n) is 3.44. The van der Waals surface area contributed by atoms with Crippen molar-refractivity contribution in [1.29, 1.82) is 0 Å². The normalized spacial score (nSPS) is 16.0. The number of benzene rings is 2. The number of nitro groups is 1. The molecule has 0 spiro atoms. The van der Waals surface area contributed by atoms with Gasteiger partial charge in [0.2, 0.25) is 0 Å². The third kappa shape index (κ3) is 5.47. The number of hydrogen-bond acceptors (Lipinski definition) is 5. The van der Waals surface area contributed by atoms with Crippen LogP contribution in [0, 0.1) is 22.5 Å². The molecule has 0 radical (unpaired) electrons. The van der Waals surface area contributed by atoms with E-state index in [2.05, 4.69) is 27.7 Å². The predicted molar refractivity (Wildman–Crippen MR) is 122 cm³/mol. The van der Waals surface area contributed by atoms with Crippen molar-refractivity contribution in [2.45, 2.75) is 65.8 Å². The topological polar surface area (TPSA) is 81.8 Å². The van der Waals surface area contributed by atoms with Crippen LogP contribution in [-0.2, 0) is 4.43 Å². The molecule has 0 aliphatic carbocycles. The van der Waals surface area contributed by atoms with Crippen LogP contribution in [-0.4, -0.2) is 32.2 Å². The van der Waals surface area contributed by atoms with Crippen LogP contribution in [0.2, 0.25) is 0 Å². The molecule has 0 aliphatic heterocycles. The molecule has 0 saturated heterocycles. The highest BCUT2D eigenvalue weighted by molar-refractivity contribution is 5.98. The largest absolute Gasteiger partial charge is 0.491 e. The number of rotatable bonds is 8. The molecule has 3 atom stereocenters. The highest BCUT2D eigenvalue weighted by Crippen LogP contribution is 2.38. The van der Waals surface area contributed by atoms with E-state index in [1.807, 2.05) is 26.0 Å². The average Bonchev–Trinajstić information content (AvgIpc) is 2.66. The maximum Gasteiger partial charge on any atom is 0.275 e. The SMILES string of the molecule is Cc1ccc(C(O)c2cc(OC(C)CC(C)(O[SiH3])C(C)(C)C)ccc2[N+](=O)[O-])cc1. The summed E-state index contributed by atoms with van der Waals surface area (Å²) in [6.45, 7) is 12.4. The van der Waals surface area contributed by atoms with Crippen molar-refractivity contribution >= 4 is 16.2 Å². The quantitative estimate of drug-likeness (QED) is 0.384. The molecule has 0 fully saturated rings. The minimum Gasteiger partial charge on any atom is -0.491 e. The monoisotopic (exact) mass is 431 g/mol. The van der Waals surface area contributed by atoms with Crippen molar-refractivity contribution in [1.82, 2.24) is 0 Å². The van der Waals surface area contributed by atoms with Crippen molar-refractivity contribution in [2.24, 2.45) is 5.41 Å². The molecular weight excluding hydrogens is 398 g/mol. The summed E-state index contributed by atoms with van der Waals surface area (Å²) in [5.41, 5.74) is 1.32. The zero-order chi connectivity index (χ0) is 22.7. The van der Waals surface area contributed by atoms with Gasteiger partial charge in [0.1, 0.15) is 22.3 Å². The molecule has 7 heteroatoms. The van der Waals surface area contributed by atoms with Crippen molar-refractivity contribution in [3.05, 3.63) is 69.3 Å². The molecule has 2 rings (SSSR count). The molecule has 30 heavy (non-hydrogen) atoms. The third-order valence-electron chi connectivity index (χ3n) is 5.93. The van der Waals surface area contributed by atoms with Gasteiger partial charge in [-0.2, -0.15) is 0 Å². The zero-order valence-corrected chi connectivity index (χ0v) is 20.9. The van der Waals surface area contributed by atoms with E-state index >= 15 is 0 Å². The maximum atomic E-state index is 11.5. The lowest BCUT2D eigenvalue weighted by molar-refractivity contribution is -0.386. The summed E-state index contributed by atoms with van der Waals surface area (Å²) in [5.74, 6) is 0.485. The Morgan fingerprint density at radius 3 is 2.23 bits per heavy atom. The molecule has 0 amide bonds. The van der Waals surface area contributed by atoms with Gasteiger partial charge >= 0.3 is 0 Å². The first kappa shape index (κ1) is 24.1. The Labute approximate surface area is 181 Å². The standard InChI is InChI=1S/C23H33NO5Si/c1-15-7-9-17(10-8-15)21(25)19-13-18(11-12-20(19)24(26)27)28-16(2)14-23(6,29-30)22(3,4)5/h7-13,16,21,25H,14H2,1-6,30H3. The van der Waals surface area contributed by atoms with Crippen molar-refractivity contribution in [3.8, 4) is 5.75 Å². The summed E-state index contributed by atoms with van der Waals surface area (Å²) in [6.07, 6.45) is -0.615. The zero-order valence-electron chi connectivity index (χ0n) is 18.9. The number of nitrogens with zero attached hydrogens (tertiary/aromatic N) is 1. The minimum atomic E-state index is -1.12. The van der Waals surface area contributed by atoms with Gasteiger partial charge in [0.05, 0.1) is 22.2 Å². The van der Waals surface area contributed by atoms with Gasteiger partial charge < -0.3 is 14.3 Å². The van der Waals surface area contributed by atoms with Crippen molar-refractivity contribution in [2.75, 3.05) is 0 Å². The van der Waals surface area contributed by atoms with E-state index in [0.717, 1.165) is 5.56 Å². The van der Waals surface area contributed by atoms with Gasteiger partial charge in [0, 0.05) is 12.5 Å². The van der Waals surface area contributed by atoms with Crippen LogP contribution in [0.1, 0.15) is 63.8 Å². The molecule has 0 aliphatic rings. The lowest BCUT2D eigenvalue weighted by Crippen LogP contribution is -2.45. The lowest BCUT2D eigenvalue weighted by atomic mass is 9.75. The number of nitro benzene ring substituents is 1. The number of aliphatic hydroxyl groups is 1. The van der Waals surface area contributed by atoms with Crippen LogP contribution in [0.25, 0.3) is 0 Å². The number of aryl methyl sites for hydroxylation is 1. The molecule has 0 saturated carbocycles. The van der Waals surface area contributed by atoms with Gasteiger partial charge in [-0.1, -0.05) is 50.6 Å². The predicted octanol–water partition coefficient (Wildman–Crippen LogP) is 4.24. The van der Waals surface area contributed by atoms with E-state index in [9.17, 15) is 15.2 Å². The van der Waals surface area contributed by atoms with Crippen LogP contribution in [0.5, 0.6) is 5.75 Å². The Hall–Kier alpha value is -2.22. The minimum absolute atomic E-state index is 0.0609. The van der Waals surface area contributed by atoms with Gasteiger partial charge in [0.15, 0.2) is 0 Å². The highest BCUT2D eigenvalue weighted by Gasteiger charge is 2.38. The molecule has 0 bridgehead atoms. The smallest absolute Gasteiger partial charge is 0.275 e. The van der Waals surface area contributed by atoms with Crippen molar-refractivity contribution < 1.29 is 19.2 Å². The molecule has 2 aromatic carbocycles. The van der Waals surface area contributed by atoms with E-state index in [1.165, 1.54) is 6.07 Å². The third-order valence-corrected chi connectivity index (χ3v) is 6.84. The number of aliphatic hydroxyl groups excluding tert-OH is 1. The lowest BCUT2D eigenvalue weighted by Gasteiger charge is -2.43. The van der Waals surface area contributed by atoms with Gasteiger partial charge in [-0.05, 0) is 43.9 Å². The molecule has 164 valence electrons. The van der Waals surface area contributed by atoms with E-state index in [-0.39, 0.29) is 28.4 Å². The molecule has 0 heterocycles. The summed E-state index contributed by atoms with van der Waals surface area (Å²) < 4.78 is 12.0. The second-order valence-electron chi connectivity index (χ2n) is 9.11. The van der Waals surface area contributed by atoms with Crippen LogP contribution in [0.4, 0.5) is 5.69 Å². The maximum absolute atomic E-state index is 11.5. The Morgan fingerprint density at radius 2 is 1.73 bits per heavy atom. The van der Waals surface area contributed by atoms with E-state index in [4.69, 9.17) is 9.16 Å². The number of hydrogen-bond donors (Lipinski definition) is 1. The average molecular weight is 432 g/mol. The number of ether oxygens (including phenoxy) is 1. The van der Waals surface area contributed by atoms with Gasteiger partial charge in [-0.15, -0.1) is 0 Å². The fraction of sp³-hybridized carbons (Fsp3) is 0.478. The van der Waals surface area contributed by atoms with E-state index in [0.29, 0.717) is 28.2 Å². The Balaban J connectivity index is 2.31. The second kappa shape index (κ2) is 9.28. The summed E-state index contributed by atoms with van der Waals surface area (Å²) in [4.78, 5) is 11.0. The molecule has 6 nitrogen and oxygen atoms in total. The van der Waals surface area contributed by atoms with Gasteiger partial charge in [-0.3, -0.25) is 10.1 Å². The summed E-state index contributed by atoms with van der Waals surface area (Å²) >= 11 is 0. The van der Waals surface area contributed by atoms with Crippen LogP contribution >= 0.6 is 0 Å². The molecule has 3 unspecified atom stereocenters. The molecule has 1 N–H and O–H groups in total. The second-order valence-corrected chi connectivity index (χ2v) is 9.52. The first-order valence-corrected chi connectivity index (χ1v) is 10.9. The highest BCUT2D eigenvalue weighted by atomic mass is 28.2. The first-order chi connectivity index (χ1) is 13.9. The van der Waals surface area contributed by atoms with E-state index in [1.54, 1.807) is 24.3 Å². The fourth-order valence-corrected chi connectivity index (χ4v) is 4.22. The molecule has 0 aromatic heterocycles. The summed E-state index contributed by atoms with van der Waals surface area (Å²) in [5, 5.41) is 22.3. The molecular formula is C23H33NO5Si. The van der Waals surface area contributed by atoms with Crippen LogP contribution < -0.4 is 4.74 Å². The van der Waals surface area contributed by atoms with Crippen LogP contribution in [0.3, 0.4) is 0 Å². The Kier molecular flexibility index (Phi) is 7.44. The Morgan fingerprint density at radius 1 is 1.13 bits per heavy atom. The summed E-state index contributed by atoms with van der Waals surface area (Å²) in [7, 11) is 0.620. The summed E-state index contributed by atoms with van der Waals surface area (Å²) in [6, 6.07) is 11.8. The van der Waals surface area contributed by atoms with Crippen LogP contribution in [0.15, 0.2) is 42.5 Å². The first-order valence-electron chi connectivity index (χ1n) is 10.1. The van der Waals surface area contributed by atoms with Gasteiger partial charge in [-0.25, -0.2) is 0 Å². The Bertz CT molecular complexity index is 878.